The number of benzene rings is 1. The topological polar surface area (TPSA) is 72.2 Å². The maximum Gasteiger partial charge on any atom is 0.238 e. The van der Waals surface area contributed by atoms with E-state index in [-0.39, 0.29) is 10.9 Å². The Morgan fingerprint density at radius 3 is 2.55 bits per heavy atom. The molecule has 0 radical (unpaired) electrons. The third-order valence-electron chi connectivity index (χ3n) is 3.38. The van der Waals surface area contributed by atoms with Gasteiger partial charge in [-0.25, -0.2) is 13.6 Å². The summed E-state index contributed by atoms with van der Waals surface area (Å²) in [6.45, 7) is 5.88. The molecular weight excluding hydrogens is 292 g/mol. The van der Waals surface area contributed by atoms with Crippen molar-refractivity contribution in [1.82, 2.24) is 0 Å². The lowest BCUT2D eigenvalue weighted by molar-refractivity contribution is 0.597. The van der Waals surface area contributed by atoms with Gasteiger partial charge in [-0.2, -0.15) is 11.3 Å². The van der Waals surface area contributed by atoms with Crippen LogP contribution in [0.25, 0.3) is 0 Å². The first-order chi connectivity index (χ1) is 9.29. The van der Waals surface area contributed by atoms with Gasteiger partial charge in [-0.1, -0.05) is 0 Å². The first-order valence-electron chi connectivity index (χ1n) is 6.21. The lowest BCUT2D eigenvalue weighted by Gasteiger charge is -2.18. The monoisotopic (exact) mass is 310 g/mol. The van der Waals surface area contributed by atoms with E-state index in [1.54, 1.807) is 23.5 Å². The second kappa shape index (κ2) is 5.55. The van der Waals surface area contributed by atoms with Crippen LogP contribution in [0.15, 0.2) is 33.9 Å². The SMILES string of the molecule is Cc1cc(S(N)(=O)=O)cc(NC(C)c2ccsc2)c1C. The van der Waals surface area contributed by atoms with Gasteiger partial charge in [0, 0.05) is 11.7 Å². The highest BCUT2D eigenvalue weighted by Gasteiger charge is 2.14. The number of sulfonamides is 1. The molecule has 0 aliphatic rings. The fraction of sp³-hybridized carbons (Fsp3) is 0.286. The van der Waals surface area contributed by atoms with E-state index in [0.717, 1.165) is 16.8 Å². The fourth-order valence-corrected chi connectivity index (χ4v) is 3.36. The van der Waals surface area contributed by atoms with E-state index in [0.29, 0.717) is 0 Å². The molecule has 1 unspecified atom stereocenters. The van der Waals surface area contributed by atoms with Gasteiger partial charge in [-0.3, -0.25) is 0 Å². The summed E-state index contributed by atoms with van der Waals surface area (Å²) in [5.74, 6) is 0. The number of hydrogen-bond donors (Lipinski definition) is 2. The zero-order chi connectivity index (χ0) is 14.9. The highest BCUT2D eigenvalue weighted by atomic mass is 32.2. The van der Waals surface area contributed by atoms with Crippen LogP contribution >= 0.6 is 11.3 Å². The van der Waals surface area contributed by atoms with Crippen LogP contribution in [0.2, 0.25) is 0 Å². The average molecular weight is 310 g/mol. The summed E-state index contributed by atoms with van der Waals surface area (Å²) in [5.41, 5.74) is 3.90. The molecule has 0 amide bonds. The summed E-state index contributed by atoms with van der Waals surface area (Å²) in [7, 11) is -3.69. The van der Waals surface area contributed by atoms with Crippen LogP contribution in [0.3, 0.4) is 0 Å². The third-order valence-corrected chi connectivity index (χ3v) is 4.98. The van der Waals surface area contributed by atoms with Gasteiger partial charge >= 0.3 is 0 Å². The number of aryl methyl sites for hydroxylation is 1. The standard InChI is InChI=1S/C14H18N2O2S2/c1-9-6-13(20(15,17)18)7-14(10(9)2)16-11(3)12-4-5-19-8-12/h4-8,11,16H,1-3H3,(H2,15,17,18). The molecule has 0 saturated carbocycles. The van der Waals surface area contributed by atoms with Crippen LogP contribution in [0.5, 0.6) is 0 Å². The molecule has 2 aromatic rings. The van der Waals surface area contributed by atoms with Gasteiger partial charge in [0.2, 0.25) is 10.0 Å². The molecule has 108 valence electrons. The van der Waals surface area contributed by atoms with Crippen molar-refractivity contribution in [3.05, 3.63) is 45.6 Å². The number of nitrogens with one attached hydrogen (secondary N) is 1. The predicted octanol–water partition coefficient (Wildman–Crippen LogP) is 3.19. The van der Waals surface area contributed by atoms with Crippen LogP contribution in [-0.4, -0.2) is 8.42 Å². The number of primary sulfonamides is 1. The average Bonchev–Trinajstić information content (AvgIpc) is 2.87. The summed E-state index contributed by atoms with van der Waals surface area (Å²) in [6.07, 6.45) is 0. The van der Waals surface area contributed by atoms with Crippen molar-refractivity contribution in [3.63, 3.8) is 0 Å². The van der Waals surface area contributed by atoms with Crippen molar-refractivity contribution in [3.8, 4) is 0 Å². The minimum absolute atomic E-state index is 0.107. The molecule has 4 nitrogen and oxygen atoms in total. The quantitative estimate of drug-likeness (QED) is 0.911. The van der Waals surface area contributed by atoms with Crippen LogP contribution < -0.4 is 10.5 Å². The molecule has 0 fully saturated rings. The molecule has 2 rings (SSSR count). The number of nitrogens with two attached hydrogens (primary N) is 1. The van der Waals surface area contributed by atoms with Gasteiger partial charge in [0.05, 0.1) is 4.90 Å². The lowest BCUT2D eigenvalue weighted by atomic mass is 10.1. The summed E-state index contributed by atoms with van der Waals surface area (Å²) in [5, 5.41) is 12.7. The lowest BCUT2D eigenvalue weighted by Crippen LogP contribution is -2.14. The van der Waals surface area contributed by atoms with E-state index < -0.39 is 10.0 Å². The Labute approximate surface area is 123 Å². The van der Waals surface area contributed by atoms with Crippen LogP contribution in [0.1, 0.15) is 29.7 Å². The zero-order valence-electron chi connectivity index (χ0n) is 11.7. The van der Waals surface area contributed by atoms with Crippen molar-refractivity contribution >= 4 is 27.0 Å². The Hall–Kier alpha value is -1.37. The van der Waals surface area contributed by atoms with E-state index in [2.05, 4.69) is 10.7 Å². The first-order valence-corrected chi connectivity index (χ1v) is 8.70. The Morgan fingerprint density at radius 2 is 2.00 bits per heavy atom. The summed E-state index contributed by atoms with van der Waals surface area (Å²) >= 11 is 1.64. The van der Waals surface area contributed by atoms with Crippen molar-refractivity contribution < 1.29 is 8.42 Å². The summed E-state index contributed by atoms with van der Waals surface area (Å²) in [6, 6.07) is 5.36. The molecule has 1 heterocycles. The molecule has 3 N–H and O–H groups in total. The highest BCUT2D eigenvalue weighted by Crippen LogP contribution is 2.27. The Kier molecular flexibility index (Phi) is 4.17. The van der Waals surface area contributed by atoms with E-state index in [9.17, 15) is 8.42 Å². The van der Waals surface area contributed by atoms with E-state index >= 15 is 0 Å². The molecule has 1 aromatic heterocycles. The molecule has 0 saturated heterocycles. The molecule has 1 aromatic carbocycles. The third kappa shape index (κ3) is 3.20. The molecule has 6 heteroatoms. The largest absolute Gasteiger partial charge is 0.378 e. The molecule has 0 spiro atoms. The normalized spacial score (nSPS) is 13.2. The summed E-state index contributed by atoms with van der Waals surface area (Å²) in [4.78, 5) is 0.139. The van der Waals surface area contributed by atoms with Crippen LogP contribution in [-0.2, 0) is 10.0 Å². The van der Waals surface area contributed by atoms with Gasteiger partial charge < -0.3 is 5.32 Å². The second-order valence-electron chi connectivity index (χ2n) is 4.88. The second-order valence-corrected chi connectivity index (χ2v) is 7.22. The van der Waals surface area contributed by atoms with Crippen molar-refractivity contribution in [2.45, 2.75) is 31.7 Å². The maximum atomic E-state index is 11.5. The van der Waals surface area contributed by atoms with Crippen molar-refractivity contribution in [1.29, 1.82) is 0 Å². The predicted molar refractivity (Wildman–Crippen MR) is 83.6 cm³/mol. The Balaban J connectivity index is 2.39. The van der Waals surface area contributed by atoms with E-state index in [1.165, 1.54) is 5.56 Å². The fourth-order valence-electron chi connectivity index (χ4n) is 1.98. The number of rotatable bonds is 4. The number of hydrogen-bond acceptors (Lipinski definition) is 4. The van der Waals surface area contributed by atoms with Gasteiger partial charge in [-0.05, 0) is 66.4 Å². The minimum atomic E-state index is -3.69. The van der Waals surface area contributed by atoms with Crippen LogP contribution in [0.4, 0.5) is 5.69 Å². The van der Waals surface area contributed by atoms with Gasteiger partial charge in [0.15, 0.2) is 0 Å². The zero-order valence-corrected chi connectivity index (χ0v) is 13.3. The van der Waals surface area contributed by atoms with Gasteiger partial charge in [0.25, 0.3) is 0 Å². The smallest absolute Gasteiger partial charge is 0.238 e. The molecule has 0 aliphatic carbocycles. The van der Waals surface area contributed by atoms with Crippen molar-refractivity contribution in [2.24, 2.45) is 5.14 Å². The van der Waals surface area contributed by atoms with Crippen LogP contribution in [0, 0.1) is 13.8 Å². The van der Waals surface area contributed by atoms with E-state index in [1.807, 2.05) is 32.2 Å². The number of thiophene rings is 1. The first kappa shape index (κ1) is 15.0. The number of anilines is 1. The highest BCUT2D eigenvalue weighted by molar-refractivity contribution is 7.89. The minimum Gasteiger partial charge on any atom is -0.378 e. The molecule has 0 bridgehead atoms. The van der Waals surface area contributed by atoms with Gasteiger partial charge in [0.1, 0.15) is 0 Å². The molecule has 1 atom stereocenters. The van der Waals surface area contributed by atoms with E-state index in [4.69, 9.17) is 5.14 Å². The van der Waals surface area contributed by atoms with Crippen molar-refractivity contribution in [2.75, 3.05) is 5.32 Å². The molecule has 0 aliphatic heterocycles. The summed E-state index contributed by atoms with van der Waals surface area (Å²) < 4.78 is 23.0. The van der Waals surface area contributed by atoms with Gasteiger partial charge in [-0.15, -0.1) is 0 Å². The Morgan fingerprint density at radius 1 is 1.30 bits per heavy atom. The molecular formula is C14H18N2O2S2. The molecule has 20 heavy (non-hydrogen) atoms. The Bertz CT molecular complexity index is 707. The maximum absolute atomic E-state index is 11.5.